The van der Waals surface area contributed by atoms with Gasteiger partial charge in [0.15, 0.2) is 4.34 Å². The van der Waals surface area contributed by atoms with Gasteiger partial charge in [-0.3, -0.25) is 9.69 Å². The third-order valence-corrected chi connectivity index (χ3v) is 6.32. The number of hydrogen-bond donors (Lipinski definition) is 1. The summed E-state index contributed by atoms with van der Waals surface area (Å²) in [5.74, 6) is 1.26. The molecule has 134 valence electrons. The molecular weight excluding hydrogens is 352 g/mol. The van der Waals surface area contributed by atoms with Crippen LogP contribution in [0.15, 0.2) is 34.1 Å². The monoisotopic (exact) mass is 376 g/mol. The number of rotatable bonds is 7. The fraction of sp³-hybridized carbons (Fsp3) is 0.500. The fourth-order valence-corrected chi connectivity index (χ4v) is 4.16. The number of benzene rings is 1. The van der Waals surface area contributed by atoms with Crippen molar-refractivity contribution >= 4 is 29.0 Å². The van der Waals surface area contributed by atoms with E-state index >= 15 is 0 Å². The highest BCUT2D eigenvalue weighted by atomic mass is 32.2. The zero-order chi connectivity index (χ0) is 17.5. The lowest BCUT2D eigenvalue weighted by atomic mass is 9.99. The molecule has 1 aliphatic heterocycles. The molecule has 1 N–H and O–H groups in total. The van der Waals surface area contributed by atoms with Crippen molar-refractivity contribution in [2.24, 2.45) is 5.92 Å². The van der Waals surface area contributed by atoms with Crippen LogP contribution in [-0.4, -0.2) is 39.8 Å². The van der Waals surface area contributed by atoms with Crippen LogP contribution in [0.4, 0.5) is 0 Å². The van der Waals surface area contributed by atoms with E-state index in [1.165, 1.54) is 54.6 Å². The molecule has 0 aliphatic carbocycles. The molecule has 1 saturated heterocycles. The van der Waals surface area contributed by atoms with E-state index in [0.29, 0.717) is 12.3 Å². The molecule has 7 heteroatoms. The predicted octanol–water partition coefficient (Wildman–Crippen LogP) is 3.18. The summed E-state index contributed by atoms with van der Waals surface area (Å²) in [5.41, 5.74) is 4.15. The minimum Gasteiger partial charge on any atom is -0.351 e. The number of carbonyl (C=O) groups excluding carboxylic acids is 1. The Labute approximate surface area is 157 Å². The van der Waals surface area contributed by atoms with E-state index in [0.717, 1.165) is 22.4 Å². The van der Waals surface area contributed by atoms with E-state index in [1.54, 1.807) is 5.51 Å². The van der Waals surface area contributed by atoms with Gasteiger partial charge in [-0.15, -0.1) is 10.2 Å². The first-order chi connectivity index (χ1) is 12.2. The molecule has 3 rings (SSSR count). The van der Waals surface area contributed by atoms with Crippen molar-refractivity contribution in [3.05, 3.63) is 40.9 Å². The highest BCUT2D eigenvalue weighted by Gasteiger charge is 2.15. The molecule has 1 aromatic heterocycles. The second kappa shape index (κ2) is 9.31. The highest BCUT2D eigenvalue weighted by Crippen LogP contribution is 2.19. The first-order valence-electron chi connectivity index (χ1n) is 8.65. The fourth-order valence-electron chi connectivity index (χ4n) is 2.85. The SMILES string of the molecule is CC1CCN(Cc2ccc(CNC(=O)CSc3nncs3)cc2)CC1. The zero-order valence-electron chi connectivity index (χ0n) is 14.5. The topological polar surface area (TPSA) is 58.1 Å². The molecule has 0 radical (unpaired) electrons. The third-order valence-electron chi connectivity index (χ3n) is 4.46. The van der Waals surface area contributed by atoms with Gasteiger partial charge in [0.2, 0.25) is 5.91 Å². The Balaban J connectivity index is 1.39. The largest absolute Gasteiger partial charge is 0.351 e. The van der Waals surface area contributed by atoms with Gasteiger partial charge in [-0.1, -0.05) is 54.3 Å². The number of hydrogen-bond acceptors (Lipinski definition) is 6. The number of likely N-dealkylation sites (tertiary alicyclic amines) is 1. The lowest BCUT2D eigenvalue weighted by Gasteiger charge is -2.30. The van der Waals surface area contributed by atoms with Crippen LogP contribution in [0.3, 0.4) is 0 Å². The molecule has 0 saturated carbocycles. The van der Waals surface area contributed by atoms with Gasteiger partial charge in [-0.2, -0.15) is 0 Å². The van der Waals surface area contributed by atoms with Gasteiger partial charge >= 0.3 is 0 Å². The van der Waals surface area contributed by atoms with E-state index in [2.05, 4.69) is 51.6 Å². The predicted molar refractivity (Wildman–Crippen MR) is 103 cm³/mol. The van der Waals surface area contributed by atoms with Crippen molar-refractivity contribution in [3.63, 3.8) is 0 Å². The quantitative estimate of drug-likeness (QED) is 0.752. The first-order valence-corrected chi connectivity index (χ1v) is 10.5. The number of nitrogens with zero attached hydrogens (tertiary/aromatic N) is 3. The number of aromatic nitrogens is 2. The van der Waals surface area contributed by atoms with Crippen molar-refractivity contribution in [1.29, 1.82) is 0 Å². The number of amides is 1. The maximum Gasteiger partial charge on any atom is 0.230 e. The van der Waals surface area contributed by atoms with E-state index in [-0.39, 0.29) is 5.91 Å². The Morgan fingerprint density at radius 3 is 2.68 bits per heavy atom. The number of nitrogens with one attached hydrogen (secondary N) is 1. The standard InChI is InChI=1S/C18H24N4OS2/c1-14-6-8-22(9-7-14)11-16-4-2-15(3-5-16)10-19-17(23)12-24-18-21-20-13-25-18/h2-5,13-14H,6-12H2,1H3,(H,19,23). The van der Waals surface area contributed by atoms with Gasteiger partial charge in [-0.05, 0) is 43.0 Å². The molecule has 0 atom stereocenters. The average Bonchev–Trinajstić information content (AvgIpc) is 3.15. The maximum atomic E-state index is 11.9. The Kier molecular flexibility index (Phi) is 6.84. The van der Waals surface area contributed by atoms with Crippen molar-refractivity contribution in [1.82, 2.24) is 20.4 Å². The zero-order valence-corrected chi connectivity index (χ0v) is 16.1. The molecule has 25 heavy (non-hydrogen) atoms. The summed E-state index contributed by atoms with van der Waals surface area (Å²) in [6.07, 6.45) is 2.61. The molecule has 2 aromatic rings. The Hall–Kier alpha value is -1.44. The third kappa shape index (κ3) is 6.09. The smallest absolute Gasteiger partial charge is 0.230 e. The molecule has 0 bridgehead atoms. The Morgan fingerprint density at radius 1 is 1.28 bits per heavy atom. The van der Waals surface area contributed by atoms with Crippen molar-refractivity contribution in [3.8, 4) is 0 Å². The van der Waals surface area contributed by atoms with Crippen LogP contribution < -0.4 is 5.32 Å². The van der Waals surface area contributed by atoms with E-state index in [1.807, 2.05) is 0 Å². The second-order valence-electron chi connectivity index (χ2n) is 6.55. The maximum absolute atomic E-state index is 11.9. The van der Waals surface area contributed by atoms with Crippen LogP contribution in [0, 0.1) is 5.92 Å². The Morgan fingerprint density at radius 2 is 2.00 bits per heavy atom. The van der Waals surface area contributed by atoms with Gasteiger partial charge in [0.25, 0.3) is 0 Å². The summed E-state index contributed by atoms with van der Waals surface area (Å²) >= 11 is 2.87. The van der Waals surface area contributed by atoms with E-state index in [4.69, 9.17) is 0 Å². The lowest BCUT2D eigenvalue weighted by Crippen LogP contribution is -2.32. The molecule has 1 aliphatic rings. The molecule has 2 heterocycles. The van der Waals surface area contributed by atoms with Crippen molar-refractivity contribution in [2.75, 3.05) is 18.8 Å². The van der Waals surface area contributed by atoms with Crippen LogP contribution in [0.1, 0.15) is 30.9 Å². The number of carbonyl (C=O) groups is 1. The van der Waals surface area contributed by atoms with Crippen molar-refractivity contribution < 1.29 is 4.79 Å². The Bertz CT molecular complexity index is 652. The van der Waals surface area contributed by atoms with E-state index < -0.39 is 0 Å². The summed E-state index contributed by atoms with van der Waals surface area (Å²) in [7, 11) is 0. The summed E-state index contributed by atoms with van der Waals surface area (Å²) < 4.78 is 0.826. The molecule has 1 amide bonds. The van der Waals surface area contributed by atoms with Crippen LogP contribution in [-0.2, 0) is 17.9 Å². The molecule has 1 fully saturated rings. The molecule has 0 spiro atoms. The van der Waals surface area contributed by atoms with Gasteiger partial charge in [0.1, 0.15) is 5.51 Å². The van der Waals surface area contributed by atoms with Gasteiger partial charge in [-0.25, -0.2) is 0 Å². The van der Waals surface area contributed by atoms with Gasteiger partial charge < -0.3 is 5.32 Å². The minimum absolute atomic E-state index is 0.0201. The highest BCUT2D eigenvalue weighted by molar-refractivity contribution is 8.01. The van der Waals surface area contributed by atoms with Crippen LogP contribution in [0.5, 0.6) is 0 Å². The number of thioether (sulfide) groups is 1. The molecule has 0 unspecified atom stereocenters. The van der Waals surface area contributed by atoms with Crippen LogP contribution in [0.2, 0.25) is 0 Å². The summed E-state index contributed by atoms with van der Waals surface area (Å²) in [4.78, 5) is 14.4. The first kappa shape index (κ1) is 18.4. The molecule has 5 nitrogen and oxygen atoms in total. The summed E-state index contributed by atoms with van der Waals surface area (Å²) in [6.45, 7) is 6.33. The normalized spacial score (nSPS) is 16.0. The van der Waals surface area contributed by atoms with Crippen LogP contribution in [0.25, 0.3) is 0 Å². The average molecular weight is 377 g/mol. The number of piperidine rings is 1. The summed E-state index contributed by atoms with van der Waals surface area (Å²) in [6, 6.07) is 8.57. The molecule has 1 aromatic carbocycles. The second-order valence-corrected chi connectivity index (χ2v) is 8.60. The van der Waals surface area contributed by atoms with Gasteiger partial charge in [0, 0.05) is 13.1 Å². The minimum atomic E-state index is 0.0201. The lowest BCUT2D eigenvalue weighted by molar-refractivity contribution is -0.118. The summed E-state index contributed by atoms with van der Waals surface area (Å²) in [5, 5.41) is 10.6. The van der Waals surface area contributed by atoms with E-state index in [9.17, 15) is 4.79 Å². The van der Waals surface area contributed by atoms with Gasteiger partial charge in [0.05, 0.1) is 5.75 Å². The molecular formula is C18H24N4OS2. The van der Waals surface area contributed by atoms with Crippen LogP contribution >= 0.6 is 23.1 Å². The van der Waals surface area contributed by atoms with Crippen molar-refractivity contribution in [2.45, 2.75) is 37.2 Å².